The van der Waals surface area contributed by atoms with Crippen LogP contribution >= 0.6 is 0 Å². The smallest absolute Gasteiger partial charge is 0.276 e. The number of carbonyl (C=O) groups is 2. The Hall–Kier alpha value is -4.18. The zero-order valence-corrected chi connectivity index (χ0v) is 18.0. The number of fused-ring (bicyclic) bond motifs is 1. The van der Waals surface area contributed by atoms with Crippen LogP contribution in [0.3, 0.4) is 0 Å². The van der Waals surface area contributed by atoms with Gasteiger partial charge in [0.15, 0.2) is 5.69 Å². The number of H-pyrrole nitrogens is 2. The fourth-order valence-corrected chi connectivity index (χ4v) is 3.81. The normalized spacial score (nSPS) is 13.8. The van der Waals surface area contributed by atoms with Gasteiger partial charge in [-0.05, 0) is 42.8 Å². The van der Waals surface area contributed by atoms with Crippen molar-refractivity contribution in [3.63, 3.8) is 0 Å². The maximum absolute atomic E-state index is 12.9. The van der Waals surface area contributed by atoms with E-state index in [0.29, 0.717) is 18.9 Å². The molecule has 0 aliphatic carbocycles. The number of aromatic nitrogens is 4. The minimum atomic E-state index is -0.518. The number of carbonyl (C=O) groups excluding carboxylic acids is 2. The fraction of sp³-hybridized carbons (Fsp3) is 0.217. The first-order valence-electron chi connectivity index (χ1n) is 10.6. The van der Waals surface area contributed by atoms with E-state index in [1.807, 2.05) is 49.4 Å². The zero-order chi connectivity index (χ0) is 22.8. The van der Waals surface area contributed by atoms with Gasteiger partial charge in [0.05, 0.1) is 30.6 Å². The van der Waals surface area contributed by atoms with Crippen LogP contribution in [0.15, 0.2) is 48.8 Å². The van der Waals surface area contributed by atoms with E-state index >= 15 is 0 Å². The third-order valence-corrected chi connectivity index (χ3v) is 5.54. The summed E-state index contributed by atoms with van der Waals surface area (Å²) < 4.78 is 5.41. The van der Waals surface area contributed by atoms with Crippen LogP contribution in [-0.2, 0) is 4.74 Å². The molecule has 0 unspecified atom stereocenters. The van der Waals surface area contributed by atoms with Crippen LogP contribution in [0.5, 0.6) is 0 Å². The van der Waals surface area contributed by atoms with Crippen LogP contribution in [0.4, 0.5) is 17.3 Å². The number of morpholine rings is 1. The average Bonchev–Trinajstić information content (AvgIpc) is 3.48. The fourth-order valence-electron chi connectivity index (χ4n) is 3.81. The average molecular weight is 445 g/mol. The van der Waals surface area contributed by atoms with Crippen LogP contribution < -0.4 is 15.5 Å². The molecule has 33 heavy (non-hydrogen) atoms. The second-order valence-electron chi connectivity index (χ2n) is 7.74. The lowest BCUT2D eigenvalue weighted by molar-refractivity contribution is 0.0985. The highest BCUT2D eigenvalue weighted by Gasteiger charge is 2.22. The molecular formula is C23H23N7O3. The number of nitrogens with one attached hydrogen (secondary N) is 4. The van der Waals surface area contributed by atoms with E-state index in [1.54, 1.807) is 0 Å². The molecule has 2 aromatic heterocycles. The van der Waals surface area contributed by atoms with Crippen molar-refractivity contribution < 1.29 is 14.3 Å². The number of aryl methyl sites for hydroxylation is 1. The summed E-state index contributed by atoms with van der Waals surface area (Å²) in [5.41, 5.74) is 4.23. The maximum Gasteiger partial charge on any atom is 0.276 e. The maximum atomic E-state index is 12.9. The minimum absolute atomic E-state index is 0.000247. The lowest BCUT2D eigenvalue weighted by Gasteiger charge is -2.29. The summed E-state index contributed by atoms with van der Waals surface area (Å²) in [6, 6.07) is 13.3. The molecule has 3 heterocycles. The van der Waals surface area contributed by atoms with Crippen LogP contribution in [0.1, 0.15) is 26.5 Å². The Morgan fingerprint density at radius 2 is 1.88 bits per heavy atom. The molecule has 1 fully saturated rings. The number of ether oxygens (including phenoxy) is 1. The van der Waals surface area contributed by atoms with E-state index in [-0.39, 0.29) is 17.3 Å². The number of para-hydroxylation sites is 2. The van der Waals surface area contributed by atoms with E-state index < -0.39 is 11.8 Å². The number of anilines is 3. The Balaban J connectivity index is 1.30. The highest BCUT2D eigenvalue weighted by atomic mass is 16.5. The first-order chi connectivity index (χ1) is 16.1. The molecule has 0 spiro atoms. The standard InChI is InChI=1S/C23H23N7O3/c1-14-12-15(30-8-10-33-11-9-30)6-7-16(14)26-21(31)19-20(25-13-24-19)22(32)29-23-27-17-4-2-3-5-18(17)28-23/h2-7,12-13H,8-11H2,1H3,(H,24,25)(H,26,31)(H2,27,28,29,32). The topological polar surface area (TPSA) is 128 Å². The van der Waals surface area contributed by atoms with Crippen LogP contribution in [0, 0.1) is 6.92 Å². The third-order valence-electron chi connectivity index (χ3n) is 5.54. The molecule has 2 amide bonds. The van der Waals surface area contributed by atoms with E-state index in [1.165, 1.54) is 6.33 Å². The Morgan fingerprint density at radius 1 is 1.06 bits per heavy atom. The molecule has 10 heteroatoms. The molecule has 4 aromatic rings. The lowest BCUT2D eigenvalue weighted by atomic mass is 10.1. The van der Waals surface area contributed by atoms with Gasteiger partial charge in [-0.25, -0.2) is 9.97 Å². The predicted octanol–water partition coefficient (Wildman–Crippen LogP) is 2.94. The second-order valence-corrected chi connectivity index (χ2v) is 7.74. The van der Waals surface area contributed by atoms with Crippen molar-refractivity contribution in [1.82, 2.24) is 19.9 Å². The Kier molecular flexibility index (Phi) is 5.49. The number of benzene rings is 2. The Bertz CT molecular complexity index is 1290. The SMILES string of the molecule is Cc1cc(N2CCOCC2)ccc1NC(=O)c1nc[nH]c1C(=O)Nc1nc2ccccc2[nH]1. The third kappa shape index (κ3) is 4.28. The molecule has 10 nitrogen and oxygen atoms in total. The number of hydrogen-bond donors (Lipinski definition) is 4. The first kappa shape index (κ1) is 20.7. The zero-order valence-electron chi connectivity index (χ0n) is 18.0. The quantitative estimate of drug-likeness (QED) is 0.374. The Morgan fingerprint density at radius 3 is 2.67 bits per heavy atom. The summed E-state index contributed by atoms with van der Waals surface area (Å²) in [6.07, 6.45) is 1.32. The van der Waals surface area contributed by atoms with E-state index in [0.717, 1.165) is 35.4 Å². The number of imidazole rings is 2. The van der Waals surface area contributed by atoms with Crippen LogP contribution in [0.25, 0.3) is 11.0 Å². The van der Waals surface area contributed by atoms with Crippen molar-refractivity contribution >= 4 is 40.2 Å². The summed E-state index contributed by atoms with van der Waals surface area (Å²) in [5, 5.41) is 5.53. The van der Waals surface area contributed by atoms with Crippen molar-refractivity contribution in [2.75, 3.05) is 41.8 Å². The highest BCUT2D eigenvalue weighted by molar-refractivity contribution is 6.13. The van der Waals surface area contributed by atoms with Crippen molar-refractivity contribution in [1.29, 1.82) is 0 Å². The molecule has 0 radical (unpaired) electrons. The monoisotopic (exact) mass is 445 g/mol. The van der Waals surface area contributed by atoms with Gasteiger partial charge in [0.2, 0.25) is 5.95 Å². The summed E-state index contributed by atoms with van der Waals surface area (Å²) in [7, 11) is 0. The van der Waals surface area contributed by atoms with Crippen molar-refractivity contribution in [3.8, 4) is 0 Å². The van der Waals surface area contributed by atoms with Gasteiger partial charge < -0.3 is 24.9 Å². The molecular weight excluding hydrogens is 422 g/mol. The lowest BCUT2D eigenvalue weighted by Crippen LogP contribution is -2.36. The molecule has 5 rings (SSSR count). The van der Waals surface area contributed by atoms with Gasteiger partial charge in [-0.3, -0.25) is 14.9 Å². The van der Waals surface area contributed by atoms with Crippen molar-refractivity contribution in [2.24, 2.45) is 0 Å². The van der Waals surface area contributed by atoms with E-state index in [9.17, 15) is 9.59 Å². The molecule has 2 aromatic carbocycles. The summed E-state index contributed by atoms with van der Waals surface area (Å²) in [4.78, 5) is 42.1. The predicted molar refractivity (Wildman–Crippen MR) is 125 cm³/mol. The highest BCUT2D eigenvalue weighted by Crippen LogP contribution is 2.24. The van der Waals surface area contributed by atoms with Gasteiger partial charge >= 0.3 is 0 Å². The van der Waals surface area contributed by atoms with Crippen LogP contribution in [-0.4, -0.2) is 58.1 Å². The van der Waals surface area contributed by atoms with E-state index in [2.05, 4.69) is 35.5 Å². The molecule has 1 aliphatic heterocycles. The van der Waals surface area contributed by atoms with Crippen molar-refractivity contribution in [2.45, 2.75) is 6.92 Å². The van der Waals surface area contributed by atoms with Gasteiger partial charge in [0.1, 0.15) is 5.69 Å². The molecule has 0 bridgehead atoms. The summed E-state index contributed by atoms with van der Waals surface area (Å²) >= 11 is 0. The number of rotatable bonds is 5. The molecule has 1 aliphatic rings. The van der Waals surface area contributed by atoms with Gasteiger partial charge in [-0.15, -0.1) is 0 Å². The molecule has 0 atom stereocenters. The molecule has 1 saturated heterocycles. The minimum Gasteiger partial charge on any atom is -0.378 e. The first-order valence-corrected chi connectivity index (χ1v) is 10.6. The van der Waals surface area contributed by atoms with Gasteiger partial charge in [0, 0.05) is 24.5 Å². The number of hydrogen-bond acceptors (Lipinski definition) is 6. The Labute approximate surface area is 189 Å². The largest absolute Gasteiger partial charge is 0.378 e. The molecule has 168 valence electrons. The molecule has 4 N–H and O–H groups in total. The van der Waals surface area contributed by atoms with Gasteiger partial charge in [-0.2, -0.15) is 0 Å². The summed E-state index contributed by atoms with van der Waals surface area (Å²) in [6.45, 7) is 5.01. The van der Waals surface area contributed by atoms with Crippen molar-refractivity contribution in [3.05, 3.63) is 65.7 Å². The number of amides is 2. The van der Waals surface area contributed by atoms with E-state index in [4.69, 9.17) is 4.74 Å². The van der Waals surface area contributed by atoms with Crippen LogP contribution in [0.2, 0.25) is 0 Å². The van der Waals surface area contributed by atoms with Gasteiger partial charge in [-0.1, -0.05) is 12.1 Å². The summed E-state index contributed by atoms with van der Waals surface area (Å²) in [5.74, 6) is -0.707. The second kappa shape index (κ2) is 8.75. The van der Waals surface area contributed by atoms with Gasteiger partial charge in [0.25, 0.3) is 11.8 Å². The number of aromatic amines is 2. The number of nitrogens with zero attached hydrogens (tertiary/aromatic N) is 3. The molecule has 0 saturated carbocycles.